The molecule has 0 aliphatic rings. The molecular weight excluding hydrogens is 172 g/mol. The van der Waals surface area contributed by atoms with Gasteiger partial charge in [-0.15, -0.1) is 0 Å². The fourth-order valence-electron chi connectivity index (χ4n) is 0.751. The first kappa shape index (κ1) is 8.43. The third-order valence-corrected chi connectivity index (χ3v) is 1.40. The molecule has 1 nitrogen and oxygen atoms in total. The summed E-state index contributed by atoms with van der Waals surface area (Å²) in [5, 5.41) is 0. The minimum absolute atomic E-state index is 0.116. The summed E-state index contributed by atoms with van der Waals surface area (Å²) in [7, 11) is 0. The maximum atomic E-state index is 12.7. The molecule has 0 unspecified atom stereocenters. The second-order valence-corrected chi connectivity index (χ2v) is 2.31. The van der Waals surface area contributed by atoms with Crippen LogP contribution in [0.2, 0.25) is 0 Å². The van der Waals surface area contributed by atoms with Crippen molar-refractivity contribution in [1.82, 2.24) is 4.84 Å². The molecule has 0 amide bonds. The van der Waals surface area contributed by atoms with Gasteiger partial charge in [0.1, 0.15) is 11.6 Å². The number of rotatable bonds is 2. The van der Waals surface area contributed by atoms with Gasteiger partial charge in [0.25, 0.3) is 0 Å². The molecule has 0 spiro atoms. The summed E-state index contributed by atoms with van der Waals surface area (Å²) in [6, 6.07) is 3.23. The van der Waals surface area contributed by atoms with Gasteiger partial charge in [-0.1, -0.05) is 0 Å². The van der Waals surface area contributed by atoms with Crippen molar-refractivity contribution in [3.8, 4) is 0 Å². The van der Waals surface area contributed by atoms with Gasteiger partial charge in [0.15, 0.2) is 0 Å². The van der Waals surface area contributed by atoms with Gasteiger partial charge in [-0.3, -0.25) is 0 Å². The predicted octanol–water partition coefficient (Wildman–Crippen LogP) is 2.21. The largest absolute Gasteiger partial charge is 0.229 e. The van der Waals surface area contributed by atoms with E-state index in [2.05, 4.69) is 4.84 Å². The van der Waals surface area contributed by atoms with Gasteiger partial charge < -0.3 is 0 Å². The third-order valence-electron chi connectivity index (χ3n) is 1.27. The number of nitrogens with one attached hydrogen (secondary N) is 1. The number of benzene rings is 1. The van der Waals surface area contributed by atoms with Crippen molar-refractivity contribution in [3.63, 3.8) is 0 Å². The summed E-state index contributed by atoms with van der Waals surface area (Å²) in [6.45, 7) is 0.116. The summed E-state index contributed by atoms with van der Waals surface area (Å²) in [6.07, 6.45) is 0. The minimum Gasteiger partial charge on any atom is -0.229 e. The Morgan fingerprint density at radius 3 is 2.73 bits per heavy atom. The molecule has 11 heavy (non-hydrogen) atoms. The highest BCUT2D eigenvalue weighted by Gasteiger charge is 2.01. The number of hydrogen-bond donors (Lipinski definition) is 1. The average molecular weight is 178 g/mol. The summed E-state index contributed by atoms with van der Waals surface area (Å²) < 4.78 is 25.1. The van der Waals surface area contributed by atoms with Crippen LogP contribution >= 0.6 is 11.8 Å². The van der Waals surface area contributed by atoms with Crippen molar-refractivity contribution in [1.29, 1.82) is 0 Å². The van der Waals surface area contributed by atoms with Crippen LogP contribution in [-0.2, 0) is 6.54 Å². The molecule has 0 aliphatic carbocycles. The lowest BCUT2D eigenvalue weighted by atomic mass is 10.2. The summed E-state index contributed by atoms with van der Waals surface area (Å²) in [4.78, 5) is 2.22. The van der Waals surface area contributed by atoms with Crippen LogP contribution in [0.3, 0.4) is 0 Å². The highest BCUT2D eigenvalue weighted by molar-refractivity contribution is 6.13. The fraction of sp³-hybridized carbons (Fsp3) is 0.143. The molecule has 60 valence electrons. The molecule has 0 heterocycles. The lowest BCUT2D eigenvalue weighted by Crippen LogP contribution is -2.01. The van der Waals surface area contributed by atoms with Gasteiger partial charge in [-0.05, 0) is 30.0 Å². The number of halogens is 3. The Kier molecular flexibility index (Phi) is 2.79. The molecule has 0 aliphatic heterocycles. The van der Waals surface area contributed by atoms with E-state index in [4.69, 9.17) is 11.8 Å². The van der Waals surface area contributed by atoms with Gasteiger partial charge in [0, 0.05) is 12.1 Å². The molecule has 4 heteroatoms. The van der Waals surface area contributed by atoms with E-state index < -0.39 is 11.6 Å². The van der Waals surface area contributed by atoms with Crippen LogP contribution in [0.1, 0.15) is 5.56 Å². The molecule has 1 aromatic rings. The van der Waals surface area contributed by atoms with Crippen molar-refractivity contribution < 1.29 is 8.78 Å². The summed E-state index contributed by atoms with van der Waals surface area (Å²) >= 11 is 5.12. The van der Waals surface area contributed by atoms with Crippen LogP contribution in [0.4, 0.5) is 8.78 Å². The summed E-state index contributed by atoms with van der Waals surface area (Å²) in [5.41, 5.74) is 0.222. The van der Waals surface area contributed by atoms with E-state index in [0.717, 1.165) is 18.2 Å². The Balaban J connectivity index is 2.93. The first-order valence-corrected chi connectivity index (χ1v) is 3.39. The smallest absolute Gasteiger partial charge is 0.127 e. The molecule has 0 atom stereocenters. The topological polar surface area (TPSA) is 12.0 Å². The molecule has 0 saturated carbocycles. The van der Waals surface area contributed by atoms with Crippen molar-refractivity contribution in [2.24, 2.45) is 0 Å². The first-order valence-electron chi connectivity index (χ1n) is 3.01. The Labute approximate surface area is 68.1 Å². The molecule has 1 rings (SSSR count). The highest BCUT2D eigenvalue weighted by atomic mass is 35.5. The second kappa shape index (κ2) is 3.64. The SMILES string of the molecule is Fc1ccc(F)c(CNCl)c1. The maximum absolute atomic E-state index is 12.7. The van der Waals surface area contributed by atoms with Crippen LogP contribution in [-0.4, -0.2) is 0 Å². The zero-order valence-electron chi connectivity index (χ0n) is 5.57. The molecule has 0 radical (unpaired) electrons. The zero-order valence-corrected chi connectivity index (χ0v) is 6.33. The molecule has 0 aromatic heterocycles. The van der Waals surface area contributed by atoms with E-state index in [9.17, 15) is 8.78 Å². The normalized spacial score (nSPS) is 10.1. The van der Waals surface area contributed by atoms with E-state index in [1.807, 2.05) is 0 Å². The Hall–Kier alpha value is -0.670. The van der Waals surface area contributed by atoms with Crippen molar-refractivity contribution in [2.75, 3.05) is 0 Å². The van der Waals surface area contributed by atoms with Crippen molar-refractivity contribution in [3.05, 3.63) is 35.4 Å². The van der Waals surface area contributed by atoms with Crippen molar-refractivity contribution in [2.45, 2.75) is 6.54 Å². The molecular formula is C7H6ClF2N. The van der Waals surface area contributed by atoms with Gasteiger partial charge in [-0.25, -0.2) is 13.6 Å². The van der Waals surface area contributed by atoms with E-state index in [1.165, 1.54) is 0 Å². The van der Waals surface area contributed by atoms with Gasteiger partial charge >= 0.3 is 0 Å². The van der Waals surface area contributed by atoms with Crippen molar-refractivity contribution >= 4 is 11.8 Å². The third kappa shape index (κ3) is 2.13. The van der Waals surface area contributed by atoms with Crippen LogP contribution in [0.15, 0.2) is 18.2 Å². The Morgan fingerprint density at radius 1 is 1.36 bits per heavy atom. The monoisotopic (exact) mass is 177 g/mol. The zero-order chi connectivity index (χ0) is 8.27. The van der Waals surface area contributed by atoms with Gasteiger partial charge in [-0.2, -0.15) is 0 Å². The lowest BCUT2D eigenvalue weighted by molar-refractivity contribution is 0.583. The lowest BCUT2D eigenvalue weighted by Gasteiger charge is -1.99. The quantitative estimate of drug-likeness (QED) is 0.683. The summed E-state index contributed by atoms with van der Waals surface area (Å²) in [5.74, 6) is -0.923. The van der Waals surface area contributed by atoms with Gasteiger partial charge in [0.2, 0.25) is 0 Å². The van der Waals surface area contributed by atoms with Crippen LogP contribution in [0.5, 0.6) is 0 Å². The molecule has 0 fully saturated rings. The van der Waals surface area contributed by atoms with Crippen LogP contribution in [0.25, 0.3) is 0 Å². The maximum Gasteiger partial charge on any atom is 0.127 e. The van der Waals surface area contributed by atoms with E-state index in [-0.39, 0.29) is 12.1 Å². The first-order chi connectivity index (χ1) is 5.24. The fourth-order valence-corrected chi connectivity index (χ4v) is 0.895. The highest BCUT2D eigenvalue weighted by Crippen LogP contribution is 2.08. The van der Waals surface area contributed by atoms with E-state index >= 15 is 0 Å². The van der Waals surface area contributed by atoms with Crippen LogP contribution in [0, 0.1) is 11.6 Å². The molecule has 1 N–H and O–H groups in total. The molecule has 1 aromatic carbocycles. The number of hydrogen-bond acceptors (Lipinski definition) is 1. The van der Waals surface area contributed by atoms with Crippen LogP contribution < -0.4 is 4.84 Å². The molecule has 0 bridgehead atoms. The Morgan fingerprint density at radius 2 is 2.09 bits per heavy atom. The average Bonchev–Trinajstić information content (AvgIpc) is 1.98. The van der Waals surface area contributed by atoms with Gasteiger partial charge in [0.05, 0.1) is 0 Å². The predicted molar refractivity (Wildman–Crippen MR) is 39.1 cm³/mol. The standard InChI is InChI=1S/C7H6ClF2N/c8-11-4-5-3-6(9)1-2-7(5)10/h1-3,11H,4H2. The Bertz CT molecular complexity index is 252. The second-order valence-electron chi connectivity index (χ2n) is 2.05. The minimum atomic E-state index is -0.465. The molecule has 0 saturated heterocycles. The van der Waals surface area contributed by atoms with E-state index in [0.29, 0.717) is 0 Å². The van der Waals surface area contributed by atoms with E-state index in [1.54, 1.807) is 0 Å².